The van der Waals surface area contributed by atoms with Gasteiger partial charge in [-0.15, -0.1) is 0 Å². The number of carbonyl (C=O) groups is 1. The number of hydrogen-bond acceptors (Lipinski definition) is 3. The van der Waals surface area contributed by atoms with E-state index in [-0.39, 0.29) is 5.97 Å². The van der Waals surface area contributed by atoms with Crippen LogP contribution in [0.5, 0.6) is 0 Å². The van der Waals surface area contributed by atoms with Gasteiger partial charge in [0.1, 0.15) is 0 Å². The summed E-state index contributed by atoms with van der Waals surface area (Å²) in [6, 6.07) is 0. The molecule has 1 fully saturated rings. The van der Waals surface area contributed by atoms with Crippen LogP contribution in [-0.4, -0.2) is 26.2 Å². The first-order valence-corrected chi connectivity index (χ1v) is 4.51. The molecule has 1 aliphatic rings. The van der Waals surface area contributed by atoms with E-state index in [1.807, 2.05) is 0 Å². The first-order valence-electron chi connectivity index (χ1n) is 4.51. The van der Waals surface area contributed by atoms with Crippen molar-refractivity contribution in [2.75, 3.05) is 20.2 Å². The Labute approximate surface area is 73.5 Å². The highest BCUT2D eigenvalue weighted by Crippen LogP contribution is 2.36. The second-order valence-corrected chi connectivity index (χ2v) is 3.50. The Morgan fingerprint density at radius 1 is 1.67 bits per heavy atom. The third-order valence-electron chi connectivity index (χ3n) is 2.42. The van der Waals surface area contributed by atoms with Crippen molar-refractivity contribution in [2.45, 2.75) is 19.8 Å². The quantitative estimate of drug-likeness (QED) is 0.491. The zero-order valence-corrected chi connectivity index (χ0v) is 7.80. The molecule has 0 spiro atoms. The summed E-state index contributed by atoms with van der Waals surface area (Å²) < 4.78 is 4.52. The Balaban J connectivity index is 1.86. The van der Waals surface area contributed by atoms with Gasteiger partial charge in [-0.25, -0.2) is 0 Å². The number of esters is 1. The number of nitrogens with one attached hydrogen (secondary N) is 1. The molecule has 2 atom stereocenters. The van der Waals surface area contributed by atoms with Crippen molar-refractivity contribution in [3.05, 3.63) is 0 Å². The first-order chi connectivity index (χ1) is 5.74. The van der Waals surface area contributed by atoms with E-state index >= 15 is 0 Å². The normalized spacial score (nSPS) is 26.8. The number of hydrogen-bond donors (Lipinski definition) is 1. The van der Waals surface area contributed by atoms with Crippen LogP contribution in [-0.2, 0) is 9.53 Å². The molecule has 1 saturated carbocycles. The van der Waals surface area contributed by atoms with Crippen LogP contribution >= 0.6 is 0 Å². The van der Waals surface area contributed by atoms with Crippen LogP contribution in [0.4, 0.5) is 0 Å². The molecule has 12 heavy (non-hydrogen) atoms. The molecule has 0 bridgehead atoms. The minimum absolute atomic E-state index is 0.133. The SMILES string of the molecule is COC(=O)CCNCC1CC1C. The van der Waals surface area contributed by atoms with Gasteiger partial charge in [0.25, 0.3) is 0 Å². The van der Waals surface area contributed by atoms with Gasteiger partial charge in [0.15, 0.2) is 0 Å². The lowest BCUT2D eigenvalue weighted by molar-refractivity contribution is -0.140. The van der Waals surface area contributed by atoms with Crippen LogP contribution in [0.15, 0.2) is 0 Å². The lowest BCUT2D eigenvalue weighted by Crippen LogP contribution is -2.21. The van der Waals surface area contributed by atoms with E-state index in [2.05, 4.69) is 17.0 Å². The van der Waals surface area contributed by atoms with E-state index < -0.39 is 0 Å². The van der Waals surface area contributed by atoms with E-state index in [9.17, 15) is 4.79 Å². The van der Waals surface area contributed by atoms with Gasteiger partial charge in [-0.3, -0.25) is 4.79 Å². The molecule has 1 N–H and O–H groups in total. The number of ether oxygens (including phenoxy) is 1. The lowest BCUT2D eigenvalue weighted by atomic mass is 10.3. The average molecular weight is 171 g/mol. The smallest absolute Gasteiger partial charge is 0.306 e. The largest absolute Gasteiger partial charge is 0.469 e. The van der Waals surface area contributed by atoms with Gasteiger partial charge in [-0.2, -0.15) is 0 Å². The van der Waals surface area contributed by atoms with Crippen molar-refractivity contribution in [1.82, 2.24) is 5.32 Å². The second-order valence-electron chi connectivity index (χ2n) is 3.50. The summed E-state index contributed by atoms with van der Waals surface area (Å²) in [5, 5.41) is 3.24. The summed E-state index contributed by atoms with van der Waals surface area (Å²) in [6.45, 7) is 4.06. The Kier molecular flexibility index (Phi) is 3.53. The maximum atomic E-state index is 10.7. The third kappa shape index (κ3) is 3.22. The fourth-order valence-corrected chi connectivity index (χ4v) is 1.26. The van der Waals surface area contributed by atoms with Crippen molar-refractivity contribution >= 4 is 5.97 Å². The highest BCUT2D eigenvalue weighted by molar-refractivity contribution is 5.69. The molecule has 1 rings (SSSR count). The van der Waals surface area contributed by atoms with Gasteiger partial charge in [0.2, 0.25) is 0 Å². The average Bonchev–Trinajstić information content (AvgIpc) is 2.75. The topological polar surface area (TPSA) is 38.3 Å². The predicted molar refractivity (Wildman–Crippen MR) is 46.8 cm³/mol. The van der Waals surface area contributed by atoms with Crippen molar-refractivity contribution in [3.8, 4) is 0 Å². The molecule has 0 aromatic rings. The van der Waals surface area contributed by atoms with Gasteiger partial charge in [0.05, 0.1) is 13.5 Å². The Bertz CT molecular complexity index is 159. The Hall–Kier alpha value is -0.570. The molecular weight excluding hydrogens is 154 g/mol. The molecule has 1 aliphatic carbocycles. The zero-order chi connectivity index (χ0) is 8.97. The molecule has 0 amide bonds. The van der Waals surface area contributed by atoms with Crippen LogP contribution in [0.3, 0.4) is 0 Å². The molecule has 0 saturated heterocycles. The summed E-state index contributed by atoms with van der Waals surface area (Å²) >= 11 is 0. The van der Waals surface area contributed by atoms with E-state index in [0.717, 1.165) is 24.9 Å². The maximum absolute atomic E-state index is 10.7. The van der Waals surface area contributed by atoms with E-state index in [1.54, 1.807) is 0 Å². The number of carbonyl (C=O) groups excluding carboxylic acids is 1. The molecule has 0 aliphatic heterocycles. The minimum Gasteiger partial charge on any atom is -0.469 e. The van der Waals surface area contributed by atoms with Crippen LogP contribution in [0.1, 0.15) is 19.8 Å². The highest BCUT2D eigenvalue weighted by Gasteiger charge is 2.31. The van der Waals surface area contributed by atoms with Crippen LogP contribution in [0.25, 0.3) is 0 Å². The molecule has 70 valence electrons. The van der Waals surface area contributed by atoms with E-state index in [0.29, 0.717) is 6.42 Å². The fourth-order valence-electron chi connectivity index (χ4n) is 1.26. The molecule has 0 heterocycles. The van der Waals surface area contributed by atoms with Crippen molar-refractivity contribution < 1.29 is 9.53 Å². The number of methoxy groups -OCH3 is 1. The number of rotatable bonds is 5. The second kappa shape index (κ2) is 4.45. The maximum Gasteiger partial charge on any atom is 0.306 e. The molecule has 3 heteroatoms. The van der Waals surface area contributed by atoms with E-state index in [1.165, 1.54) is 13.5 Å². The van der Waals surface area contributed by atoms with Gasteiger partial charge in [-0.05, 0) is 24.8 Å². The fraction of sp³-hybridized carbons (Fsp3) is 0.889. The Morgan fingerprint density at radius 3 is 2.83 bits per heavy atom. The zero-order valence-electron chi connectivity index (χ0n) is 7.80. The molecule has 2 unspecified atom stereocenters. The third-order valence-corrected chi connectivity index (χ3v) is 2.42. The van der Waals surface area contributed by atoms with Crippen molar-refractivity contribution in [3.63, 3.8) is 0 Å². The summed E-state index contributed by atoms with van der Waals surface area (Å²) in [6.07, 6.45) is 1.82. The van der Waals surface area contributed by atoms with Gasteiger partial charge >= 0.3 is 5.97 Å². The standard InChI is InChI=1S/C9H17NO2/c1-7-5-8(7)6-10-4-3-9(11)12-2/h7-8,10H,3-6H2,1-2H3. The summed E-state index contributed by atoms with van der Waals surface area (Å²) in [5.74, 6) is 1.60. The molecule has 0 aromatic heterocycles. The van der Waals surface area contributed by atoms with Crippen molar-refractivity contribution in [1.29, 1.82) is 0 Å². The summed E-state index contributed by atoms with van der Waals surface area (Å²) in [4.78, 5) is 10.7. The highest BCUT2D eigenvalue weighted by atomic mass is 16.5. The monoisotopic (exact) mass is 171 g/mol. The van der Waals surface area contributed by atoms with Gasteiger partial charge in [0, 0.05) is 6.54 Å². The first kappa shape index (κ1) is 9.52. The van der Waals surface area contributed by atoms with Gasteiger partial charge < -0.3 is 10.1 Å². The lowest BCUT2D eigenvalue weighted by Gasteiger charge is -2.01. The molecular formula is C9H17NO2. The van der Waals surface area contributed by atoms with E-state index in [4.69, 9.17) is 0 Å². The summed E-state index contributed by atoms with van der Waals surface area (Å²) in [5.41, 5.74) is 0. The Morgan fingerprint density at radius 2 is 2.33 bits per heavy atom. The van der Waals surface area contributed by atoms with Gasteiger partial charge in [-0.1, -0.05) is 6.92 Å². The van der Waals surface area contributed by atoms with Crippen LogP contribution in [0, 0.1) is 11.8 Å². The van der Waals surface area contributed by atoms with Crippen molar-refractivity contribution in [2.24, 2.45) is 11.8 Å². The molecule has 3 nitrogen and oxygen atoms in total. The molecule has 0 radical (unpaired) electrons. The predicted octanol–water partition coefficient (Wildman–Crippen LogP) is 0.795. The van der Waals surface area contributed by atoms with Crippen LogP contribution < -0.4 is 5.32 Å². The summed E-state index contributed by atoms with van der Waals surface area (Å²) in [7, 11) is 1.42. The van der Waals surface area contributed by atoms with Crippen LogP contribution in [0.2, 0.25) is 0 Å². The minimum atomic E-state index is -0.133. The molecule has 0 aromatic carbocycles.